The summed E-state index contributed by atoms with van der Waals surface area (Å²) in [5, 5.41) is 3.38. The zero-order chi connectivity index (χ0) is 9.86. The quantitative estimate of drug-likeness (QED) is 0.664. The Morgan fingerprint density at radius 2 is 2.36 bits per heavy atom. The van der Waals surface area contributed by atoms with Gasteiger partial charge in [0, 0.05) is 26.3 Å². The second-order valence-corrected chi connectivity index (χ2v) is 4.43. The first-order chi connectivity index (χ1) is 6.79. The molecule has 0 saturated carbocycles. The third-order valence-electron chi connectivity index (χ3n) is 3.01. The Balaban J connectivity index is 1.61. The lowest BCUT2D eigenvalue weighted by Gasteiger charge is -2.23. The largest absolute Gasteiger partial charge is 0.379 e. The zero-order valence-corrected chi connectivity index (χ0v) is 8.63. The molecular formula is C10H20N2O2. The highest BCUT2D eigenvalue weighted by Gasteiger charge is 2.30. The van der Waals surface area contributed by atoms with Crippen LogP contribution >= 0.6 is 0 Å². The molecule has 4 heteroatoms. The predicted octanol–water partition coefficient (Wildman–Crippen LogP) is -0.127. The summed E-state index contributed by atoms with van der Waals surface area (Å²) in [6, 6.07) is 0. The van der Waals surface area contributed by atoms with Crippen molar-refractivity contribution in [2.75, 3.05) is 32.9 Å². The van der Waals surface area contributed by atoms with Crippen LogP contribution in [0.2, 0.25) is 0 Å². The Morgan fingerprint density at radius 1 is 1.43 bits per heavy atom. The zero-order valence-electron chi connectivity index (χ0n) is 8.63. The molecule has 2 unspecified atom stereocenters. The summed E-state index contributed by atoms with van der Waals surface area (Å²) in [4.78, 5) is 0. The molecule has 4 nitrogen and oxygen atoms in total. The van der Waals surface area contributed by atoms with Gasteiger partial charge >= 0.3 is 0 Å². The van der Waals surface area contributed by atoms with Crippen LogP contribution in [0.5, 0.6) is 0 Å². The smallest absolute Gasteiger partial charge is 0.0700 e. The standard InChI is InChI=1S/C10H20N2O2/c11-10(3-5-13-8-10)7-12-6-9-2-1-4-14-9/h9,12H,1-8,11H2. The second-order valence-electron chi connectivity index (χ2n) is 4.43. The van der Waals surface area contributed by atoms with Crippen molar-refractivity contribution >= 4 is 0 Å². The normalized spacial score (nSPS) is 37.9. The van der Waals surface area contributed by atoms with Crippen LogP contribution in [0.25, 0.3) is 0 Å². The van der Waals surface area contributed by atoms with Crippen LogP contribution < -0.4 is 11.1 Å². The number of nitrogens with two attached hydrogens (primary N) is 1. The minimum Gasteiger partial charge on any atom is -0.379 e. The van der Waals surface area contributed by atoms with Gasteiger partial charge in [0.2, 0.25) is 0 Å². The topological polar surface area (TPSA) is 56.5 Å². The molecule has 2 rings (SSSR count). The molecule has 2 saturated heterocycles. The van der Waals surface area contributed by atoms with Gasteiger partial charge in [0.15, 0.2) is 0 Å². The van der Waals surface area contributed by atoms with Crippen LogP contribution in [-0.2, 0) is 9.47 Å². The lowest BCUT2D eigenvalue weighted by molar-refractivity contribution is 0.108. The lowest BCUT2D eigenvalue weighted by atomic mass is 10.0. The Bertz CT molecular complexity index is 175. The number of hydrogen-bond acceptors (Lipinski definition) is 4. The van der Waals surface area contributed by atoms with E-state index in [4.69, 9.17) is 15.2 Å². The van der Waals surface area contributed by atoms with Crippen molar-refractivity contribution in [1.82, 2.24) is 5.32 Å². The van der Waals surface area contributed by atoms with Crippen molar-refractivity contribution in [2.45, 2.75) is 30.9 Å². The Labute approximate surface area is 85.1 Å². The molecule has 2 aliphatic rings. The lowest BCUT2D eigenvalue weighted by Crippen LogP contribution is -2.50. The summed E-state index contributed by atoms with van der Waals surface area (Å²) in [6.07, 6.45) is 3.75. The van der Waals surface area contributed by atoms with Gasteiger partial charge in [-0.15, -0.1) is 0 Å². The molecule has 3 N–H and O–H groups in total. The van der Waals surface area contributed by atoms with Gasteiger partial charge in [0.1, 0.15) is 0 Å². The number of nitrogens with one attached hydrogen (secondary N) is 1. The fourth-order valence-electron chi connectivity index (χ4n) is 2.05. The monoisotopic (exact) mass is 200 g/mol. The van der Waals surface area contributed by atoms with E-state index in [-0.39, 0.29) is 5.54 Å². The van der Waals surface area contributed by atoms with E-state index >= 15 is 0 Å². The van der Waals surface area contributed by atoms with Crippen molar-refractivity contribution < 1.29 is 9.47 Å². The van der Waals surface area contributed by atoms with E-state index in [1.54, 1.807) is 0 Å². The molecule has 0 aromatic carbocycles. The third-order valence-corrected chi connectivity index (χ3v) is 3.01. The molecule has 14 heavy (non-hydrogen) atoms. The second kappa shape index (κ2) is 4.57. The van der Waals surface area contributed by atoms with E-state index in [1.165, 1.54) is 12.8 Å². The van der Waals surface area contributed by atoms with Gasteiger partial charge in [-0.1, -0.05) is 0 Å². The van der Waals surface area contributed by atoms with Gasteiger partial charge in [-0.05, 0) is 19.3 Å². The molecule has 2 atom stereocenters. The van der Waals surface area contributed by atoms with Gasteiger partial charge in [-0.25, -0.2) is 0 Å². The molecular weight excluding hydrogens is 180 g/mol. The maximum Gasteiger partial charge on any atom is 0.0700 e. The molecule has 0 aliphatic carbocycles. The molecule has 2 fully saturated rings. The van der Waals surface area contributed by atoms with Crippen LogP contribution in [-0.4, -0.2) is 44.6 Å². The first-order valence-corrected chi connectivity index (χ1v) is 5.47. The highest BCUT2D eigenvalue weighted by atomic mass is 16.5. The van der Waals surface area contributed by atoms with Crippen molar-refractivity contribution in [1.29, 1.82) is 0 Å². The molecule has 0 amide bonds. The summed E-state index contributed by atoms with van der Waals surface area (Å²) in [7, 11) is 0. The Morgan fingerprint density at radius 3 is 3.00 bits per heavy atom. The van der Waals surface area contributed by atoms with E-state index < -0.39 is 0 Å². The average Bonchev–Trinajstić information content (AvgIpc) is 2.77. The van der Waals surface area contributed by atoms with Crippen LogP contribution in [0.15, 0.2) is 0 Å². The van der Waals surface area contributed by atoms with Gasteiger partial charge in [-0.2, -0.15) is 0 Å². The highest BCUT2D eigenvalue weighted by molar-refractivity contribution is 4.90. The number of rotatable bonds is 4. The van der Waals surface area contributed by atoms with Gasteiger partial charge in [0.25, 0.3) is 0 Å². The average molecular weight is 200 g/mol. The molecule has 0 bridgehead atoms. The predicted molar refractivity (Wildman–Crippen MR) is 54.2 cm³/mol. The van der Waals surface area contributed by atoms with Crippen molar-refractivity contribution in [3.63, 3.8) is 0 Å². The van der Waals surface area contributed by atoms with Crippen LogP contribution in [0, 0.1) is 0 Å². The van der Waals surface area contributed by atoms with E-state index in [1.807, 2.05) is 0 Å². The number of ether oxygens (including phenoxy) is 2. The maximum absolute atomic E-state index is 6.12. The summed E-state index contributed by atoms with van der Waals surface area (Å²) in [5.41, 5.74) is 5.98. The first-order valence-electron chi connectivity index (χ1n) is 5.47. The maximum atomic E-state index is 6.12. The van der Waals surface area contributed by atoms with Crippen molar-refractivity contribution in [3.05, 3.63) is 0 Å². The summed E-state index contributed by atoms with van der Waals surface area (Å²) >= 11 is 0. The summed E-state index contributed by atoms with van der Waals surface area (Å²) in [6.45, 7) is 4.18. The summed E-state index contributed by atoms with van der Waals surface area (Å²) in [5.74, 6) is 0. The molecule has 0 aromatic heterocycles. The van der Waals surface area contributed by atoms with Crippen LogP contribution in [0.3, 0.4) is 0 Å². The number of hydrogen-bond donors (Lipinski definition) is 2. The van der Waals surface area contributed by atoms with Gasteiger partial charge < -0.3 is 20.5 Å². The van der Waals surface area contributed by atoms with Gasteiger partial charge in [0.05, 0.1) is 18.2 Å². The van der Waals surface area contributed by atoms with Crippen molar-refractivity contribution in [3.8, 4) is 0 Å². The highest BCUT2D eigenvalue weighted by Crippen LogP contribution is 2.15. The fourth-order valence-corrected chi connectivity index (χ4v) is 2.05. The minimum absolute atomic E-state index is 0.140. The van der Waals surface area contributed by atoms with E-state index in [9.17, 15) is 0 Å². The molecule has 0 aromatic rings. The van der Waals surface area contributed by atoms with Crippen molar-refractivity contribution in [2.24, 2.45) is 5.73 Å². The van der Waals surface area contributed by atoms with E-state index in [0.29, 0.717) is 12.7 Å². The third kappa shape index (κ3) is 2.67. The minimum atomic E-state index is -0.140. The molecule has 82 valence electrons. The van der Waals surface area contributed by atoms with E-state index in [2.05, 4.69) is 5.32 Å². The Kier molecular flexibility index (Phi) is 3.38. The fraction of sp³-hybridized carbons (Fsp3) is 1.00. The van der Waals surface area contributed by atoms with Crippen LogP contribution in [0.1, 0.15) is 19.3 Å². The molecule has 2 aliphatic heterocycles. The first kappa shape index (κ1) is 10.4. The molecule has 0 radical (unpaired) electrons. The summed E-state index contributed by atoms with van der Waals surface area (Å²) < 4.78 is 10.8. The van der Waals surface area contributed by atoms with E-state index in [0.717, 1.165) is 32.7 Å². The molecule has 2 heterocycles. The van der Waals surface area contributed by atoms with Crippen LogP contribution in [0.4, 0.5) is 0 Å². The van der Waals surface area contributed by atoms with Gasteiger partial charge in [-0.3, -0.25) is 0 Å². The Hall–Kier alpha value is -0.160. The SMILES string of the molecule is NC1(CNCC2CCCO2)CCOC1. The molecule has 0 spiro atoms.